The normalized spacial score (nSPS) is 15.8. The maximum absolute atomic E-state index is 14.7. The van der Waals surface area contributed by atoms with Gasteiger partial charge in [0.2, 0.25) is 5.95 Å². The summed E-state index contributed by atoms with van der Waals surface area (Å²) in [6, 6.07) is 9.08. The summed E-state index contributed by atoms with van der Waals surface area (Å²) in [5, 5.41) is 16.8. The maximum Gasteiger partial charge on any atom is 0.278 e. The number of halogens is 1. The lowest BCUT2D eigenvalue weighted by molar-refractivity contribution is 0.211. The third-order valence-corrected chi connectivity index (χ3v) is 6.95. The molecule has 4 heterocycles. The molecule has 3 N–H and O–H groups in total. The van der Waals surface area contributed by atoms with Crippen LogP contribution in [-0.4, -0.2) is 42.6 Å². The summed E-state index contributed by atoms with van der Waals surface area (Å²) in [7, 11) is 0. The van der Waals surface area contributed by atoms with Gasteiger partial charge in [0.15, 0.2) is 11.5 Å². The Morgan fingerprint density at radius 1 is 1.19 bits per heavy atom. The first kappa shape index (κ1) is 22.8. The van der Waals surface area contributed by atoms with E-state index in [0.29, 0.717) is 22.8 Å². The van der Waals surface area contributed by atoms with Gasteiger partial charge in [-0.3, -0.25) is 4.79 Å². The molecule has 9 nitrogen and oxygen atoms in total. The van der Waals surface area contributed by atoms with Gasteiger partial charge in [0.1, 0.15) is 11.2 Å². The third kappa shape index (κ3) is 3.86. The number of anilines is 2. The SMILES string of the molecule is CC(C)(CO)c1nc(-n2c3nc(Nc4ccc5c(c4)CCNC5)ncc3c(=O)n2C2CC2)ccc1F. The third-order valence-electron chi connectivity index (χ3n) is 6.95. The van der Waals surface area contributed by atoms with E-state index in [-0.39, 0.29) is 23.9 Å². The fourth-order valence-corrected chi connectivity index (χ4v) is 4.71. The predicted molar refractivity (Wildman–Crippen MR) is 134 cm³/mol. The number of rotatable bonds is 6. The number of aliphatic hydroxyl groups excluding tert-OH is 1. The molecule has 4 aromatic rings. The van der Waals surface area contributed by atoms with Crippen molar-refractivity contribution >= 4 is 22.7 Å². The molecule has 1 fully saturated rings. The van der Waals surface area contributed by atoms with Gasteiger partial charge < -0.3 is 15.7 Å². The van der Waals surface area contributed by atoms with E-state index in [4.69, 9.17) is 4.98 Å². The Labute approximate surface area is 207 Å². The molecule has 1 aliphatic carbocycles. The van der Waals surface area contributed by atoms with Crippen LogP contribution in [0.2, 0.25) is 0 Å². The molecule has 2 aliphatic rings. The molecule has 0 radical (unpaired) electrons. The van der Waals surface area contributed by atoms with Crippen molar-refractivity contribution in [2.24, 2.45) is 0 Å². The lowest BCUT2D eigenvalue weighted by atomic mass is 9.89. The minimum absolute atomic E-state index is 0.0264. The topological polar surface area (TPSA) is 110 Å². The van der Waals surface area contributed by atoms with Crippen LogP contribution in [0.5, 0.6) is 0 Å². The molecule has 1 saturated carbocycles. The second-order valence-corrected chi connectivity index (χ2v) is 10.2. The van der Waals surface area contributed by atoms with Crippen LogP contribution in [0.1, 0.15) is 49.6 Å². The molecule has 0 atom stereocenters. The minimum Gasteiger partial charge on any atom is -0.395 e. The number of fused-ring (bicyclic) bond motifs is 2. The van der Waals surface area contributed by atoms with Crippen molar-refractivity contribution in [1.82, 2.24) is 29.6 Å². The summed E-state index contributed by atoms with van der Waals surface area (Å²) in [6.07, 6.45) is 4.23. The average Bonchev–Trinajstić information content (AvgIpc) is 3.68. The van der Waals surface area contributed by atoms with Gasteiger partial charge in [-0.1, -0.05) is 19.9 Å². The zero-order chi connectivity index (χ0) is 25.0. The highest BCUT2D eigenvalue weighted by atomic mass is 19.1. The van der Waals surface area contributed by atoms with Gasteiger partial charge in [-0.2, -0.15) is 4.98 Å². The molecule has 0 spiro atoms. The quantitative estimate of drug-likeness (QED) is 0.382. The van der Waals surface area contributed by atoms with E-state index < -0.39 is 11.2 Å². The Hall–Kier alpha value is -3.63. The van der Waals surface area contributed by atoms with E-state index in [1.165, 1.54) is 29.5 Å². The van der Waals surface area contributed by atoms with E-state index in [9.17, 15) is 14.3 Å². The van der Waals surface area contributed by atoms with Gasteiger partial charge in [-0.05, 0) is 61.2 Å². The van der Waals surface area contributed by atoms with Crippen molar-refractivity contribution in [2.45, 2.75) is 51.1 Å². The zero-order valence-electron chi connectivity index (χ0n) is 20.3. The highest BCUT2D eigenvalue weighted by Crippen LogP contribution is 2.36. The van der Waals surface area contributed by atoms with Crippen LogP contribution in [0.4, 0.5) is 16.0 Å². The lowest BCUT2D eigenvalue weighted by Gasteiger charge is -2.22. The summed E-state index contributed by atoms with van der Waals surface area (Å²) >= 11 is 0. The van der Waals surface area contributed by atoms with Crippen LogP contribution < -0.4 is 16.2 Å². The monoisotopic (exact) mass is 489 g/mol. The van der Waals surface area contributed by atoms with Crippen LogP contribution in [0.3, 0.4) is 0 Å². The van der Waals surface area contributed by atoms with Crippen LogP contribution in [-0.2, 0) is 18.4 Å². The number of aliphatic hydroxyl groups is 1. The Kier molecular flexibility index (Phi) is 5.38. The van der Waals surface area contributed by atoms with Crippen molar-refractivity contribution in [1.29, 1.82) is 0 Å². The Morgan fingerprint density at radius 2 is 2.03 bits per heavy atom. The molecule has 0 unspecified atom stereocenters. The number of hydrogen-bond donors (Lipinski definition) is 3. The fraction of sp³-hybridized carbons (Fsp3) is 0.385. The average molecular weight is 490 g/mol. The van der Waals surface area contributed by atoms with E-state index in [0.717, 1.165) is 38.0 Å². The summed E-state index contributed by atoms with van der Waals surface area (Å²) in [6.45, 7) is 4.99. The fourth-order valence-electron chi connectivity index (χ4n) is 4.71. The number of pyridine rings is 1. The second kappa shape index (κ2) is 8.49. The van der Waals surface area contributed by atoms with Crippen molar-refractivity contribution < 1.29 is 9.50 Å². The maximum atomic E-state index is 14.7. The second-order valence-electron chi connectivity index (χ2n) is 10.2. The standard InChI is InChI=1S/C26H28FN7O2/c1-26(2,14-35)22-20(27)7-8-21(31-22)34-23-19(24(36)33(34)18-5-6-18)13-29-25(32-23)30-17-4-3-16-12-28-10-9-15(16)11-17/h3-4,7-8,11,13,18,28,35H,5-6,9-10,12,14H2,1-2H3,(H,29,30,32). The van der Waals surface area contributed by atoms with Gasteiger partial charge >= 0.3 is 0 Å². The first-order valence-electron chi connectivity index (χ1n) is 12.2. The Bertz CT molecular complexity index is 1540. The highest BCUT2D eigenvalue weighted by Gasteiger charge is 2.32. The number of aromatic nitrogens is 5. The molecule has 0 saturated heterocycles. The molecule has 36 heavy (non-hydrogen) atoms. The van der Waals surface area contributed by atoms with Crippen LogP contribution >= 0.6 is 0 Å². The van der Waals surface area contributed by atoms with Gasteiger partial charge in [0.05, 0.1) is 18.3 Å². The molecule has 186 valence electrons. The summed E-state index contributed by atoms with van der Waals surface area (Å²) in [5.74, 6) is 0.225. The molecular weight excluding hydrogens is 461 g/mol. The van der Waals surface area contributed by atoms with Crippen LogP contribution in [0.25, 0.3) is 16.9 Å². The van der Waals surface area contributed by atoms with Crippen molar-refractivity contribution in [3.63, 3.8) is 0 Å². The minimum atomic E-state index is -0.891. The summed E-state index contributed by atoms with van der Waals surface area (Å²) in [4.78, 5) is 27.0. The van der Waals surface area contributed by atoms with Crippen LogP contribution in [0.15, 0.2) is 41.3 Å². The molecule has 3 aromatic heterocycles. The molecule has 0 bridgehead atoms. The molecule has 1 aliphatic heterocycles. The Morgan fingerprint density at radius 3 is 2.81 bits per heavy atom. The number of benzene rings is 1. The van der Waals surface area contributed by atoms with Gasteiger partial charge in [-0.15, -0.1) is 0 Å². The molecule has 1 aromatic carbocycles. The van der Waals surface area contributed by atoms with Crippen molar-refractivity contribution in [2.75, 3.05) is 18.5 Å². The van der Waals surface area contributed by atoms with Crippen LogP contribution in [0, 0.1) is 5.82 Å². The zero-order valence-corrected chi connectivity index (χ0v) is 20.3. The first-order chi connectivity index (χ1) is 17.4. The highest BCUT2D eigenvalue weighted by molar-refractivity contribution is 5.77. The number of hydrogen-bond acceptors (Lipinski definition) is 7. The molecule has 0 amide bonds. The van der Waals surface area contributed by atoms with E-state index in [1.54, 1.807) is 23.2 Å². The van der Waals surface area contributed by atoms with Crippen molar-refractivity contribution in [3.8, 4) is 5.82 Å². The number of nitrogens with one attached hydrogen (secondary N) is 2. The lowest BCUT2D eigenvalue weighted by Crippen LogP contribution is -2.27. The first-order valence-corrected chi connectivity index (χ1v) is 12.2. The number of nitrogens with zero attached hydrogens (tertiary/aromatic N) is 5. The molecule has 6 rings (SSSR count). The van der Waals surface area contributed by atoms with E-state index in [1.807, 2.05) is 6.07 Å². The van der Waals surface area contributed by atoms with Crippen molar-refractivity contribution in [3.05, 3.63) is 69.5 Å². The summed E-state index contributed by atoms with van der Waals surface area (Å²) < 4.78 is 18.0. The van der Waals surface area contributed by atoms with E-state index in [2.05, 4.69) is 32.7 Å². The largest absolute Gasteiger partial charge is 0.395 e. The van der Waals surface area contributed by atoms with Gasteiger partial charge in [0.25, 0.3) is 5.56 Å². The molecular formula is C26H28FN7O2. The van der Waals surface area contributed by atoms with Gasteiger partial charge in [0, 0.05) is 23.8 Å². The summed E-state index contributed by atoms with van der Waals surface area (Å²) in [5.41, 5.74) is 2.88. The van der Waals surface area contributed by atoms with Gasteiger partial charge in [-0.25, -0.2) is 23.7 Å². The van der Waals surface area contributed by atoms with E-state index >= 15 is 0 Å². The predicted octanol–water partition coefficient (Wildman–Crippen LogP) is 3.11. The Balaban J connectivity index is 1.47. The smallest absolute Gasteiger partial charge is 0.278 e. The molecule has 10 heteroatoms.